The Morgan fingerprint density at radius 2 is 1.94 bits per heavy atom. The Bertz CT molecular complexity index is 345. The molecule has 4 nitrogen and oxygen atoms in total. The van der Waals surface area contributed by atoms with Gasteiger partial charge in [0.15, 0.2) is 0 Å². The van der Waals surface area contributed by atoms with Gasteiger partial charge in [0.25, 0.3) is 0 Å². The van der Waals surface area contributed by atoms with Crippen LogP contribution in [0.1, 0.15) is 46.0 Å². The van der Waals surface area contributed by atoms with Gasteiger partial charge in [-0.1, -0.05) is 26.7 Å². The fraction of sp³-hybridized carbons (Fsp3) is 0.857. The zero-order valence-corrected chi connectivity index (χ0v) is 11.3. The van der Waals surface area contributed by atoms with Crippen molar-refractivity contribution in [2.24, 2.45) is 17.3 Å². The van der Waals surface area contributed by atoms with Crippen molar-refractivity contribution in [2.45, 2.75) is 46.0 Å². The molecule has 0 aromatic carbocycles. The summed E-state index contributed by atoms with van der Waals surface area (Å²) >= 11 is 0. The van der Waals surface area contributed by atoms with Crippen LogP contribution in [0.15, 0.2) is 0 Å². The van der Waals surface area contributed by atoms with Gasteiger partial charge in [0.2, 0.25) is 5.91 Å². The lowest BCUT2D eigenvalue weighted by molar-refractivity contribution is -0.151. The number of nitrogens with zero attached hydrogens (tertiary/aromatic N) is 1. The van der Waals surface area contributed by atoms with Gasteiger partial charge >= 0.3 is 5.97 Å². The molecule has 1 N–H and O–H groups in total. The third kappa shape index (κ3) is 2.68. The minimum absolute atomic E-state index is 0.104. The molecule has 0 radical (unpaired) electrons. The van der Waals surface area contributed by atoms with E-state index in [0.717, 1.165) is 19.3 Å². The standard InChI is InChI=1S/C14H23NO3/c1-14(2)6-4-3-5-11(14)13(18)15-8-10(9-15)7-12(16)17/h10-11H,3-9H2,1-2H3,(H,16,17). The molecule has 1 aliphatic carbocycles. The van der Waals surface area contributed by atoms with E-state index in [1.54, 1.807) is 0 Å². The van der Waals surface area contributed by atoms with Crippen LogP contribution in [0.25, 0.3) is 0 Å². The van der Waals surface area contributed by atoms with E-state index >= 15 is 0 Å². The Kier molecular flexibility index (Phi) is 3.64. The molecule has 1 aliphatic heterocycles. The first-order valence-electron chi connectivity index (χ1n) is 6.91. The fourth-order valence-corrected chi connectivity index (χ4v) is 3.30. The highest BCUT2D eigenvalue weighted by Crippen LogP contribution is 2.42. The van der Waals surface area contributed by atoms with E-state index in [2.05, 4.69) is 13.8 Å². The molecule has 4 heteroatoms. The molecule has 102 valence electrons. The maximum absolute atomic E-state index is 12.4. The summed E-state index contributed by atoms with van der Waals surface area (Å²) in [6, 6.07) is 0. The molecular formula is C14H23NO3. The molecule has 1 heterocycles. The van der Waals surface area contributed by atoms with Crippen molar-refractivity contribution in [3.63, 3.8) is 0 Å². The van der Waals surface area contributed by atoms with Crippen molar-refractivity contribution in [1.82, 2.24) is 4.90 Å². The lowest BCUT2D eigenvalue weighted by Crippen LogP contribution is -2.54. The monoisotopic (exact) mass is 253 g/mol. The Labute approximate surface area is 108 Å². The predicted octanol–water partition coefficient (Wildman–Crippen LogP) is 2.14. The Morgan fingerprint density at radius 1 is 1.28 bits per heavy atom. The molecule has 2 rings (SSSR count). The van der Waals surface area contributed by atoms with Crippen molar-refractivity contribution < 1.29 is 14.7 Å². The minimum atomic E-state index is -0.759. The average Bonchev–Trinajstić information content (AvgIpc) is 2.21. The highest BCUT2D eigenvalue weighted by atomic mass is 16.4. The summed E-state index contributed by atoms with van der Waals surface area (Å²) in [6.45, 7) is 5.64. The second-order valence-corrected chi connectivity index (χ2v) is 6.49. The summed E-state index contributed by atoms with van der Waals surface area (Å²) in [6.07, 6.45) is 4.67. The van der Waals surface area contributed by atoms with E-state index in [-0.39, 0.29) is 29.6 Å². The topological polar surface area (TPSA) is 57.6 Å². The predicted molar refractivity (Wildman–Crippen MR) is 68.1 cm³/mol. The van der Waals surface area contributed by atoms with E-state index in [4.69, 9.17) is 5.11 Å². The van der Waals surface area contributed by atoms with E-state index in [1.165, 1.54) is 6.42 Å². The molecule has 2 aliphatic rings. The number of hydrogen-bond donors (Lipinski definition) is 1. The van der Waals surface area contributed by atoms with Crippen LogP contribution in [0.3, 0.4) is 0 Å². The second kappa shape index (κ2) is 4.90. The van der Waals surface area contributed by atoms with Crippen LogP contribution in [-0.4, -0.2) is 35.0 Å². The average molecular weight is 253 g/mol. The van der Waals surface area contributed by atoms with Crippen molar-refractivity contribution in [2.75, 3.05) is 13.1 Å². The maximum atomic E-state index is 12.4. The van der Waals surface area contributed by atoms with Crippen molar-refractivity contribution in [3.05, 3.63) is 0 Å². The SMILES string of the molecule is CC1(C)CCCCC1C(=O)N1CC(CC(=O)O)C1. The van der Waals surface area contributed by atoms with Crippen molar-refractivity contribution in [3.8, 4) is 0 Å². The van der Waals surface area contributed by atoms with Crippen molar-refractivity contribution >= 4 is 11.9 Å². The summed E-state index contributed by atoms with van der Waals surface area (Å²) in [5, 5.41) is 8.70. The normalized spacial score (nSPS) is 27.7. The quantitative estimate of drug-likeness (QED) is 0.838. The van der Waals surface area contributed by atoms with Gasteiger partial charge in [-0.3, -0.25) is 9.59 Å². The van der Waals surface area contributed by atoms with Crippen LogP contribution in [0, 0.1) is 17.3 Å². The number of amides is 1. The summed E-state index contributed by atoms with van der Waals surface area (Å²) < 4.78 is 0. The van der Waals surface area contributed by atoms with Gasteiger partial charge in [0, 0.05) is 24.9 Å². The first-order chi connectivity index (χ1) is 8.40. The second-order valence-electron chi connectivity index (χ2n) is 6.49. The fourth-order valence-electron chi connectivity index (χ4n) is 3.30. The van der Waals surface area contributed by atoms with E-state index in [1.807, 2.05) is 4.90 Å². The smallest absolute Gasteiger partial charge is 0.303 e. The van der Waals surface area contributed by atoms with E-state index < -0.39 is 5.97 Å². The molecule has 1 saturated heterocycles. The molecule has 0 aromatic heterocycles. The molecule has 1 amide bonds. The number of carbonyl (C=O) groups excluding carboxylic acids is 1. The minimum Gasteiger partial charge on any atom is -0.481 e. The molecular weight excluding hydrogens is 230 g/mol. The van der Waals surface area contributed by atoms with Crippen LogP contribution in [0.4, 0.5) is 0 Å². The zero-order valence-electron chi connectivity index (χ0n) is 11.3. The Morgan fingerprint density at radius 3 is 2.50 bits per heavy atom. The van der Waals surface area contributed by atoms with Crippen LogP contribution >= 0.6 is 0 Å². The lowest BCUT2D eigenvalue weighted by Gasteiger charge is -2.45. The first-order valence-corrected chi connectivity index (χ1v) is 6.91. The van der Waals surface area contributed by atoms with E-state index in [9.17, 15) is 9.59 Å². The van der Waals surface area contributed by atoms with Crippen LogP contribution in [-0.2, 0) is 9.59 Å². The number of carboxylic acid groups (broad SMARTS) is 1. The van der Waals surface area contributed by atoms with Gasteiger partial charge in [0.1, 0.15) is 0 Å². The summed E-state index contributed by atoms with van der Waals surface area (Å²) in [5.41, 5.74) is 0.104. The molecule has 1 saturated carbocycles. The molecule has 1 unspecified atom stereocenters. The molecule has 2 fully saturated rings. The maximum Gasteiger partial charge on any atom is 0.303 e. The largest absolute Gasteiger partial charge is 0.481 e. The lowest BCUT2D eigenvalue weighted by atomic mass is 9.68. The molecule has 0 aromatic rings. The summed E-state index contributed by atoms with van der Waals surface area (Å²) in [5.74, 6) is -0.207. The van der Waals surface area contributed by atoms with Crippen LogP contribution in [0.2, 0.25) is 0 Å². The number of hydrogen-bond acceptors (Lipinski definition) is 2. The van der Waals surface area contributed by atoms with Crippen LogP contribution < -0.4 is 0 Å². The van der Waals surface area contributed by atoms with Gasteiger partial charge in [-0.2, -0.15) is 0 Å². The number of aliphatic carboxylic acids is 1. The number of likely N-dealkylation sites (tertiary alicyclic amines) is 1. The van der Waals surface area contributed by atoms with Gasteiger partial charge in [0.05, 0.1) is 6.42 Å². The Hall–Kier alpha value is -1.06. The van der Waals surface area contributed by atoms with Gasteiger partial charge in [-0.05, 0) is 18.3 Å². The highest BCUT2D eigenvalue weighted by molar-refractivity contribution is 5.80. The first kappa shape index (κ1) is 13.4. The van der Waals surface area contributed by atoms with E-state index in [0.29, 0.717) is 13.1 Å². The number of carbonyl (C=O) groups is 2. The van der Waals surface area contributed by atoms with Gasteiger partial charge in [-0.15, -0.1) is 0 Å². The van der Waals surface area contributed by atoms with Crippen molar-refractivity contribution in [1.29, 1.82) is 0 Å². The van der Waals surface area contributed by atoms with Gasteiger partial charge in [-0.25, -0.2) is 0 Å². The van der Waals surface area contributed by atoms with Gasteiger partial charge < -0.3 is 10.0 Å². The summed E-state index contributed by atoms with van der Waals surface area (Å²) in [7, 11) is 0. The molecule has 1 atom stereocenters. The number of carboxylic acids is 1. The zero-order chi connectivity index (χ0) is 13.3. The third-order valence-corrected chi connectivity index (χ3v) is 4.54. The molecule has 18 heavy (non-hydrogen) atoms. The number of rotatable bonds is 3. The summed E-state index contributed by atoms with van der Waals surface area (Å²) in [4.78, 5) is 24.8. The Balaban J connectivity index is 1.87. The van der Waals surface area contributed by atoms with Crippen LogP contribution in [0.5, 0.6) is 0 Å². The molecule has 0 bridgehead atoms. The molecule has 0 spiro atoms. The third-order valence-electron chi connectivity index (χ3n) is 4.54. The highest BCUT2D eigenvalue weighted by Gasteiger charge is 2.42.